The highest BCUT2D eigenvalue weighted by Crippen LogP contribution is 2.52. The van der Waals surface area contributed by atoms with Crippen molar-refractivity contribution >= 4 is 34.9 Å². The van der Waals surface area contributed by atoms with Gasteiger partial charge in [0.05, 0.1) is 13.2 Å². The second-order valence-corrected chi connectivity index (χ2v) is 23.1. The van der Waals surface area contributed by atoms with Crippen LogP contribution in [0.4, 0.5) is 4.79 Å². The lowest BCUT2D eigenvalue weighted by Crippen LogP contribution is -2.27. The van der Waals surface area contributed by atoms with Crippen LogP contribution < -0.4 is 9.47 Å². The Hall–Kier alpha value is -5.39. The number of carbonyl (C=O) groups is 4. The number of benzene rings is 4. The first kappa shape index (κ1) is 62.8. The van der Waals surface area contributed by atoms with E-state index < -0.39 is 5.43 Å². The number of aliphatic hydroxyl groups excluding tert-OH is 1. The Kier molecular flexibility index (Phi) is 26.5. The monoisotopic (exact) mass is 1110 g/mol. The first-order valence-corrected chi connectivity index (χ1v) is 30.1. The molecule has 0 unspecified atom stereocenters. The van der Waals surface area contributed by atoms with Crippen LogP contribution in [0.5, 0.6) is 11.5 Å². The third-order valence-electron chi connectivity index (χ3n) is 17.3. The molecule has 4 aliphatic rings. The number of aliphatic hydroxyl groups is 1. The molecule has 12 heteroatoms. The number of rotatable bonds is 26. The van der Waals surface area contributed by atoms with Crippen molar-refractivity contribution in [2.45, 2.75) is 182 Å². The molecule has 0 aliphatic heterocycles. The molecule has 2 saturated carbocycles. The molecule has 0 bridgehead atoms. The second-order valence-electron chi connectivity index (χ2n) is 22.8. The molecule has 11 nitrogen and oxygen atoms in total. The van der Waals surface area contributed by atoms with Crippen LogP contribution in [-0.2, 0) is 72.2 Å². The van der Waals surface area contributed by atoms with E-state index in [1.165, 1.54) is 67.9 Å². The third-order valence-corrected chi connectivity index (χ3v) is 17.4. The highest BCUT2D eigenvalue weighted by Gasteiger charge is 2.45. The number of ether oxygens (including phenoxy) is 6. The maximum Gasteiger partial charge on any atom is 0.403 e. The normalized spacial score (nSPS) is 22.1. The summed E-state index contributed by atoms with van der Waals surface area (Å²) in [4.78, 5) is 46.0. The molecule has 4 aromatic rings. The van der Waals surface area contributed by atoms with Crippen LogP contribution in [0.2, 0.25) is 0 Å². The van der Waals surface area contributed by atoms with E-state index in [0.717, 1.165) is 99.7 Å². The summed E-state index contributed by atoms with van der Waals surface area (Å²) < 4.78 is 32.5. The Morgan fingerprint density at radius 3 is 1.47 bits per heavy atom. The molecule has 0 amide bonds. The molecule has 4 aliphatic carbocycles. The molecule has 0 spiro atoms. The summed E-state index contributed by atoms with van der Waals surface area (Å²) in [5.41, 5.74) is 6.42. The standard InChI is InChI=1S/C34H46O5.C31H42O4.C2H3ClO2/c1-4-6-8-15-28(39-33(35)5-2)17-18-29-24(3)19-27-21-31-26(20-30(27)29)14-11-16-32(31)37-23-34(36)38-22-25-12-9-7-10-13-25;1-3-4-6-13-26(32)15-16-27-22(2)17-25-19-29-24(18-28(25)27)12-9-14-30(29)34-21-31(33)35-20-23-10-7-5-8-11-23;1-5-2(3)4/h7,9-14,16,24,27-30H,4-6,8,15,17-23H2,1-3H3;5,7-12,14,22,25-28,32H,3-4,6,13,15-21H2,1-2H3;1H3/t24-,27-,28+,29+,30+;22-,25-,26+,27+,28+;/m11./s1. The third kappa shape index (κ3) is 20.0. The van der Waals surface area contributed by atoms with Gasteiger partial charge in [-0.05, 0) is 176 Å². The zero-order chi connectivity index (χ0) is 56.5. The van der Waals surface area contributed by atoms with Crippen LogP contribution >= 0.6 is 11.6 Å². The number of fused-ring (bicyclic) bond motifs is 4. The van der Waals surface area contributed by atoms with Crippen LogP contribution in [0.3, 0.4) is 0 Å². The maximum atomic E-state index is 12.3. The van der Waals surface area contributed by atoms with Crippen molar-refractivity contribution in [1.29, 1.82) is 0 Å². The van der Waals surface area contributed by atoms with Gasteiger partial charge in [-0.3, -0.25) is 4.79 Å². The zero-order valence-electron chi connectivity index (χ0n) is 48.2. The van der Waals surface area contributed by atoms with Crippen molar-refractivity contribution in [1.82, 2.24) is 0 Å². The fraction of sp³-hybridized carbons (Fsp3) is 0.582. The molecule has 0 aromatic heterocycles. The van der Waals surface area contributed by atoms with Crippen LogP contribution in [0.15, 0.2) is 97.1 Å². The van der Waals surface area contributed by atoms with Gasteiger partial charge in [-0.1, -0.05) is 152 Å². The van der Waals surface area contributed by atoms with Crippen molar-refractivity contribution in [3.05, 3.63) is 130 Å². The zero-order valence-corrected chi connectivity index (χ0v) is 48.9. The molecule has 0 heterocycles. The van der Waals surface area contributed by atoms with Gasteiger partial charge in [0.25, 0.3) is 0 Å². The predicted octanol–water partition coefficient (Wildman–Crippen LogP) is 15.0. The molecule has 1 N–H and O–H groups in total. The predicted molar refractivity (Wildman–Crippen MR) is 311 cm³/mol. The minimum absolute atomic E-state index is 0.0489. The van der Waals surface area contributed by atoms with Gasteiger partial charge in [-0.25, -0.2) is 14.4 Å². The fourth-order valence-corrected chi connectivity index (χ4v) is 13.2. The van der Waals surface area contributed by atoms with Gasteiger partial charge in [0, 0.05) is 18.0 Å². The summed E-state index contributed by atoms with van der Waals surface area (Å²) in [6, 6.07) is 31.9. The van der Waals surface area contributed by atoms with Gasteiger partial charge in [-0.15, -0.1) is 0 Å². The lowest BCUT2D eigenvalue weighted by atomic mass is 9.73. The molecular weight excluding hydrogens is 1020 g/mol. The molecule has 8 rings (SSSR count). The van der Waals surface area contributed by atoms with E-state index in [9.17, 15) is 24.3 Å². The topological polar surface area (TPSA) is 144 Å². The van der Waals surface area contributed by atoms with E-state index in [-0.39, 0.29) is 56.5 Å². The lowest BCUT2D eigenvalue weighted by Gasteiger charge is -2.33. The van der Waals surface area contributed by atoms with Crippen molar-refractivity contribution in [2.75, 3.05) is 20.3 Å². The van der Waals surface area contributed by atoms with Crippen LogP contribution in [-0.4, -0.2) is 61.0 Å². The number of unbranched alkanes of at least 4 members (excludes halogenated alkanes) is 4. The largest absolute Gasteiger partial charge is 0.482 e. The first-order chi connectivity index (χ1) is 38.3. The number of esters is 3. The molecule has 432 valence electrons. The minimum atomic E-state index is -0.773. The Bertz CT molecular complexity index is 2460. The SMILES string of the molecule is CCCCC[C@@H](CC[C@@H]1[C@H]2Cc3cccc(OCC(=O)OCc4ccccc4)c3C[C@H]2C[C@H]1C)OC(=O)CC.CCCCC[C@H](O)CC[C@@H]1[C@H]2Cc3cccc(OCC(=O)OCc4ccccc4)c3C[C@H]2C[C@H]1C.COC(=O)Cl. The summed E-state index contributed by atoms with van der Waals surface area (Å²) in [7, 11) is 1.22. The van der Waals surface area contributed by atoms with Crippen LogP contribution in [0, 0.1) is 47.3 Å². The Morgan fingerprint density at radius 1 is 0.570 bits per heavy atom. The van der Waals surface area contributed by atoms with E-state index in [1.807, 2.05) is 85.8 Å². The number of hydrogen-bond donors (Lipinski definition) is 1. The Balaban J connectivity index is 0.000000236. The number of halogens is 1. The van der Waals surface area contributed by atoms with Crippen molar-refractivity contribution < 1.29 is 52.7 Å². The molecule has 4 aromatic carbocycles. The summed E-state index contributed by atoms with van der Waals surface area (Å²) in [6.07, 6.45) is 20.1. The fourth-order valence-electron chi connectivity index (χ4n) is 13.2. The summed E-state index contributed by atoms with van der Waals surface area (Å²) in [5.74, 6) is 6.20. The quantitative estimate of drug-likeness (QED) is 0.0278. The van der Waals surface area contributed by atoms with Gasteiger partial charge < -0.3 is 33.5 Å². The van der Waals surface area contributed by atoms with E-state index >= 15 is 0 Å². The molecule has 10 atom stereocenters. The van der Waals surface area contributed by atoms with Gasteiger partial charge in [0.15, 0.2) is 13.2 Å². The van der Waals surface area contributed by atoms with E-state index in [0.29, 0.717) is 53.8 Å². The lowest BCUT2D eigenvalue weighted by molar-refractivity contribution is -0.150. The molecule has 0 saturated heterocycles. The Labute approximate surface area is 477 Å². The van der Waals surface area contributed by atoms with E-state index in [4.69, 9.17) is 23.7 Å². The molecule has 79 heavy (non-hydrogen) atoms. The molecule has 2 fully saturated rings. The summed E-state index contributed by atoms with van der Waals surface area (Å²) in [6.45, 7) is 11.5. The number of methoxy groups -OCH3 is 1. The Morgan fingerprint density at radius 2 is 1.03 bits per heavy atom. The van der Waals surface area contributed by atoms with E-state index in [2.05, 4.69) is 62.2 Å². The average Bonchev–Trinajstić information content (AvgIpc) is 3.95. The highest BCUT2D eigenvalue weighted by atomic mass is 35.5. The first-order valence-electron chi connectivity index (χ1n) is 29.8. The number of hydrogen-bond acceptors (Lipinski definition) is 11. The maximum absolute atomic E-state index is 12.3. The van der Waals surface area contributed by atoms with Gasteiger partial charge >= 0.3 is 23.3 Å². The average molecular weight is 1110 g/mol. The molecular formula is C67H91ClO11. The van der Waals surface area contributed by atoms with Crippen LogP contribution in [0.1, 0.15) is 164 Å². The highest BCUT2D eigenvalue weighted by molar-refractivity contribution is 6.61. The second kappa shape index (κ2) is 33.4. The van der Waals surface area contributed by atoms with Gasteiger partial charge in [-0.2, -0.15) is 0 Å². The van der Waals surface area contributed by atoms with Crippen molar-refractivity contribution in [3.63, 3.8) is 0 Å². The smallest absolute Gasteiger partial charge is 0.403 e. The van der Waals surface area contributed by atoms with Gasteiger partial charge in [0.1, 0.15) is 30.8 Å². The van der Waals surface area contributed by atoms with Crippen molar-refractivity contribution in [2.24, 2.45) is 47.3 Å². The van der Waals surface area contributed by atoms with Crippen LogP contribution in [0.25, 0.3) is 0 Å². The number of carbonyl (C=O) groups excluding carboxylic acids is 4. The minimum Gasteiger partial charge on any atom is -0.482 e. The van der Waals surface area contributed by atoms with Crippen molar-refractivity contribution in [3.8, 4) is 11.5 Å². The summed E-state index contributed by atoms with van der Waals surface area (Å²) >= 11 is 4.60. The van der Waals surface area contributed by atoms with E-state index in [1.54, 1.807) is 0 Å². The van der Waals surface area contributed by atoms with Gasteiger partial charge in [0.2, 0.25) is 0 Å². The molecule has 0 radical (unpaired) electrons. The summed E-state index contributed by atoms with van der Waals surface area (Å²) in [5, 5.41) is 10.5.